The molecule has 0 aromatic heterocycles. The zero-order chi connectivity index (χ0) is 24.6. The van der Waals surface area contributed by atoms with Gasteiger partial charge in [-0.25, -0.2) is 8.42 Å². The Hall–Kier alpha value is -2.60. The number of allylic oxidation sites excluding steroid dienone is 1. The van der Waals surface area contributed by atoms with E-state index in [1.807, 2.05) is 18.2 Å². The molecule has 35 heavy (non-hydrogen) atoms. The Labute approximate surface area is 207 Å². The van der Waals surface area contributed by atoms with Crippen molar-refractivity contribution in [3.05, 3.63) is 71.8 Å². The van der Waals surface area contributed by atoms with Gasteiger partial charge < -0.3 is 9.47 Å². The predicted molar refractivity (Wildman–Crippen MR) is 133 cm³/mol. The van der Waals surface area contributed by atoms with Gasteiger partial charge in [0.15, 0.2) is 15.4 Å². The first-order valence-corrected chi connectivity index (χ1v) is 14.1. The Bertz CT molecular complexity index is 1330. The number of aryl methyl sites for hydroxylation is 1. The van der Waals surface area contributed by atoms with Crippen molar-refractivity contribution in [3.63, 3.8) is 0 Å². The topological polar surface area (TPSA) is 69.7 Å². The predicted octanol–water partition coefficient (Wildman–Crippen LogP) is 5.25. The highest BCUT2D eigenvalue weighted by Crippen LogP contribution is 2.76. The van der Waals surface area contributed by atoms with Crippen molar-refractivity contribution in [1.82, 2.24) is 0 Å². The summed E-state index contributed by atoms with van der Waals surface area (Å²) in [7, 11) is -2.03. The van der Waals surface area contributed by atoms with Crippen LogP contribution in [0.5, 0.6) is 5.75 Å². The van der Waals surface area contributed by atoms with Crippen molar-refractivity contribution in [3.8, 4) is 5.75 Å². The van der Waals surface area contributed by atoms with E-state index in [2.05, 4.69) is 25.1 Å². The Morgan fingerprint density at radius 2 is 1.83 bits per heavy atom. The number of fused-ring (bicyclic) bond motifs is 3. The third-order valence-electron chi connectivity index (χ3n) is 9.86. The second-order valence-corrected chi connectivity index (χ2v) is 13.1. The number of carbonyl (C=O) groups excluding carboxylic acids is 1. The molecule has 2 aromatic rings. The van der Waals surface area contributed by atoms with Gasteiger partial charge in [0.05, 0.1) is 12.0 Å². The third kappa shape index (κ3) is 2.80. The summed E-state index contributed by atoms with van der Waals surface area (Å²) in [5.41, 5.74) is 0.744. The minimum absolute atomic E-state index is 0.298. The van der Waals surface area contributed by atoms with Crippen LogP contribution >= 0.6 is 0 Å². The van der Waals surface area contributed by atoms with Crippen LogP contribution in [0.25, 0.3) is 0 Å². The molecular formula is C29H32O5S. The lowest BCUT2D eigenvalue weighted by Crippen LogP contribution is -2.56. The number of hydrogen-bond donors (Lipinski definition) is 0. The van der Waals surface area contributed by atoms with Gasteiger partial charge in [-0.15, -0.1) is 0 Å². The van der Waals surface area contributed by atoms with Crippen molar-refractivity contribution in [2.75, 3.05) is 7.11 Å². The van der Waals surface area contributed by atoms with Crippen LogP contribution in [-0.4, -0.2) is 32.3 Å². The molecule has 4 aliphatic carbocycles. The zero-order valence-corrected chi connectivity index (χ0v) is 21.3. The maximum atomic E-state index is 14.1. The van der Waals surface area contributed by atoms with E-state index in [1.54, 1.807) is 31.4 Å². The molecule has 0 amide bonds. The number of methoxy groups -OCH3 is 1. The number of carbonyl (C=O) groups is 1. The molecule has 0 N–H and O–H groups in total. The quantitative estimate of drug-likeness (QED) is 0.431. The number of esters is 1. The first kappa shape index (κ1) is 22.8. The zero-order valence-electron chi connectivity index (χ0n) is 20.5. The fourth-order valence-electron chi connectivity index (χ4n) is 8.33. The molecule has 6 heteroatoms. The summed E-state index contributed by atoms with van der Waals surface area (Å²) in [5.74, 6) is 1.11. The molecule has 0 spiro atoms. The lowest BCUT2D eigenvalue weighted by atomic mass is 9.48. The summed E-state index contributed by atoms with van der Waals surface area (Å²) in [6, 6.07) is 15.0. The van der Waals surface area contributed by atoms with Crippen LogP contribution in [-0.2, 0) is 25.8 Å². The van der Waals surface area contributed by atoms with E-state index in [9.17, 15) is 13.2 Å². The summed E-state index contributed by atoms with van der Waals surface area (Å²) in [6.45, 7) is 3.57. The number of rotatable bonds is 4. The fourth-order valence-corrected chi connectivity index (χ4v) is 10.5. The molecule has 2 fully saturated rings. The van der Waals surface area contributed by atoms with E-state index in [4.69, 9.17) is 9.47 Å². The normalized spacial score (nSPS) is 36.7. The summed E-state index contributed by atoms with van der Waals surface area (Å²) in [5, 5.41) is -0.799. The number of ether oxygens (including phenoxy) is 2. The van der Waals surface area contributed by atoms with Gasteiger partial charge in [0.1, 0.15) is 11.0 Å². The Morgan fingerprint density at radius 3 is 2.54 bits per heavy atom. The lowest BCUT2D eigenvalue weighted by molar-refractivity contribution is -0.168. The fraction of sp³-hybridized carbons (Fsp3) is 0.483. The molecule has 184 valence electrons. The van der Waals surface area contributed by atoms with Crippen molar-refractivity contribution in [1.29, 1.82) is 0 Å². The van der Waals surface area contributed by atoms with Crippen molar-refractivity contribution in [2.24, 2.45) is 16.7 Å². The smallest absolute Gasteiger partial charge is 0.303 e. The highest BCUT2D eigenvalue weighted by molar-refractivity contribution is 7.92. The molecule has 6 atom stereocenters. The number of sulfone groups is 1. The van der Waals surface area contributed by atoms with E-state index < -0.39 is 32.1 Å². The minimum Gasteiger partial charge on any atom is -0.497 e. The van der Waals surface area contributed by atoms with Crippen LogP contribution < -0.4 is 4.74 Å². The minimum atomic E-state index is -3.73. The molecular weight excluding hydrogens is 460 g/mol. The van der Waals surface area contributed by atoms with E-state index in [1.165, 1.54) is 18.1 Å². The van der Waals surface area contributed by atoms with Gasteiger partial charge in [0.2, 0.25) is 0 Å². The average molecular weight is 493 g/mol. The van der Waals surface area contributed by atoms with Crippen molar-refractivity contribution < 1.29 is 22.7 Å². The average Bonchev–Trinajstić information content (AvgIpc) is 3.24. The van der Waals surface area contributed by atoms with Crippen molar-refractivity contribution >= 4 is 15.8 Å². The molecule has 0 aliphatic heterocycles. The third-order valence-corrected chi connectivity index (χ3v) is 12.1. The monoisotopic (exact) mass is 492 g/mol. The number of hydrogen-bond acceptors (Lipinski definition) is 5. The Kier molecular flexibility index (Phi) is 4.86. The molecule has 0 radical (unpaired) electrons. The molecule has 0 saturated heterocycles. The largest absolute Gasteiger partial charge is 0.497 e. The molecule has 6 rings (SSSR count). The van der Waals surface area contributed by atoms with Crippen LogP contribution in [0.3, 0.4) is 0 Å². The van der Waals surface area contributed by atoms with Gasteiger partial charge in [-0.1, -0.05) is 37.3 Å². The summed E-state index contributed by atoms with van der Waals surface area (Å²) >= 11 is 0. The maximum Gasteiger partial charge on any atom is 0.303 e. The van der Waals surface area contributed by atoms with Crippen LogP contribution in [0.4, 0.5) is 0 Å². The van der Waals surface area contributed by atoms with Crippen LogP contribution in [0.2, 0.25) is 0 Å². The molecule has 2 bridgehead atoms. The second-order valence-electron chi connectivity index (χ2n) is 11.0. The van der Waals surface area contributed by atoms with Gasteiger partial charge in [-0.05, 0) is 85.4 Å². The first-order valence-electron chi connectivity index (χ1n) is 12.5. The van der Waals surface area contributed by atoms with E-state index in [-0.39, 0.29) is 5.41 Å². The highest BCUT2D eigenvalue weighted by atomic mass is 32.2. The van der Waals surface area contributed by atoms with E-state index in [0.29, 0.717) is 23.2 Å². The van der Waals surface area contributed by atoms with Gasteiger partial charge in [0, 0.05) is 17.8 Å². The van der Waals surface area contributed by atoms with Gasteiger partial charge in [-0.3, -0.25) is 4.79 Å². The standard InChI is InChI=1S/C29H32O5S/c1-19(30)34-29-16-15-28(18-26(29)35(31,32)22-7-5-4-6-8-22)25-12-9-20-17-21(33-3)10-11-23(20)24(25)13-14-27(28,29)2/h4-8,10-11,15-17,24-26H,9,12-14,18H2,1-3H3/t24-,25+,26-,27+,28+,29+/m1/s1. The number of benzene rings is 2. The summed E-state index contributed by atoms with van der Waals surface area (Å²) in [4.78, 5) is 12.7. The second kappa shape index (κ2) is 7.45. The summed E-state index contributed by atoms with van der Waals surface area (Å²) < 4.78 is 39.8. The van der Waals surface area contributed by atoms with E-state index in [0.717, 1.165) is 31.4 Å². The van der Waals surface area contributed by atoms with Gasteiger partial charge >= 0.3 is 5.97 Å². The highest BCUT2D eigenvalue weighted by Gasteiger charge is 2.78. The van der Waals surface area contributed by atoms with Crippen LogP contribution in [0.1, 0.15) is 56.6 Å². The molecule has 0 unspecified atom stereocenters. The van der Waals surface area contributed by atoms with Crippen molar-refractivity contribution in [2.45, 2.75) is 67.6 Å². The SMILES string of the molecule is COc1ccc2c(c1)CC[C@H]1[C@@H]2CC[C@@]2(C)[C@]13C=C[C@]2(OC(C)=O)[C@H](S(=O)(=O)c1ccccc1)C3. The molecule has 2 aromatic carbocycles. The van der Waals surface area contributed by atoms with Gasteiger partial charge in [-0.2, -0.15) is 0 Å². The Morgan fingerprint density at radius 1 is 1.06 bits per heavy atom. The van der Waals surface area contributed by atoms with Crippen LogP contribution in [0.15, 0.2) is 65.6 Å². The molecule has 0 heterocycles. The van der Waals surface area contributed by atoms with E-state index >= 15 is 0 Å². The first-order chi connectivity index (χ1) is 16.7. The Balaban J connectivity index is 1.49. The molecule has 2 saturated carbocycles. The molecule has 4 aliphatic rings. The lowest BCUT2D eigenvalue weighted by Gasteiger charge is -2.56. The van der Waals surface area contributed by atoms with Gasteiger partial charge in [0.25, 0.3) is 0 Å². The van der Waals surface area contributed by atoms with Crippen LogP contribution in [0, 0.1) is 16.7 Å². The maximum absolute atomic E-state index is 14.1. The summed E-state index contributed by atoms with van der Waals surface area (Å²) in [6.07, 6.45) is 8.35. The molecule has 5 nitrogen and oxygen atoms in total.